The number of aliphatic hydroxyl groups is 1. The number of piperidine rings is 1. The number of hydrogen-bond acceptors (Lipinski definition) is 6. The van der Waals surface area contributed by atoms with E-state index in [0.717, 1.165) is 17.7 Å². The fourth-order valence-corrected chi connectivity index (χ4v) is 4.31. The Morgan fingerprint density at radius 2 is 1.91 bits per heavy atom. The van der Waals surface area contributed by atoms with Crippen LogP contribution in [0.3, 0.4) is 0 Å². The molecule has 2 aromatic carbocycles. The van der Waals surface area contributed by atoms with Crippen LogP contribution in [0.1, 0.15) is 37.3 Å². The Kier molecular flexibility index (Phi) is 6.82. The Bertz CT molecular complexity index is 1120. The highest BCUT2D eigenvalue weighted by Crippen LogP contribution is 2.25. The number of likely N-dealkylation sites (tertiary alicyclic amines) is 1. The first-order valence-electron chi connectivity index (χ1n) is 11.3. The summed E-state index contributed by atoms with van der Waals surface area (Å²) < 4.78 is 17.2. The van der Waals surface area contributed by atoms with Crippen LogP contribution >= 0.6 is 0 Å². The maximum absolute atomic E-state index is 12.9. The first kappa shape index (κ1) is 22.4. The lowest BCUT2D eigenvalue weighted by Gasteiger charge is -2.34. The van der Waals surface area contributed by atoms with E-state index in [9.17, 15) is 9.90 Å². The largest absolute Gasteiger partial charge is 0.491 e. The normalized spacial score (nSPS) is 17.9. The summed E-state index contributed by atoms with van der Waals surface area (Å²) in [7, 11) is 0. The number of benzene rings is 2. The third-order valence-electron chi connectivity index (χ3n) is 5.97. The predicted octanol–water partition coefficient (Wildman–Crippen LogP) is 4.82. The first-order chi connectivity index (χ1) is 15.4. The van der Waals surface area contributed by atoms with Crippen molar-refractivity contribution in [1.29, 1.82) is 0 Å². The summed E-state index contributed by atoms with van der Waals surface area (Å²) in [5.41, 5.74) is 2.29. The molecule has 0 amide bonds. The second-order valence-electron chi connectivity index (χ2n) is 8.82. The van der Waals surface area contributed by atoms with Crippen molar-refractivity contribution < 1.29 is 19.0 Å². The number of fused-ring (bicyclic) bond motifs is 1. The van der Waals surface area contributed by atoms with Gasteiger partial charge in [-0.1, -0.05) is 12.5 Å². The summed E-state index contributed by atoms with van der Waals surface area (Å²) in [4.78, 5) is 15.2. The van der Waals surface area contributed by atoms with Gasteiger partial charge in [-0.3, -0.25) is 9.69 Å². The van der Waals surface area contributed by atoms with Crippen LogP contribution in [0.5, 0.6) is 17.2 Å². The average molecular weight is 438 g/mol. The van der Waals surface area contributed by atoms with E-state index in [4.69, 9.17) is 13.9 Å². The molecule has 1 aliphatic heterocycles. The zero-order chi connectivity index (χ0) is 22.7. The number of β-amino-alcohol motifs (C(OH)–C–C–N with tert-alkyl or cyclic N) is 1. The molecule has 4 rings (SSSR count). The van der Waals surface area contributed by atoms with Gasteiger partial charge in [0.25, 0.3) is 0 Å². The van der Waals surface area contributed by atoms with Crippen LogP contribution in [-0.4, -0.2) is 41.8 Å². The van der Waals surface area contributed by atoms with Gasteiger partial charge < -0.3 is 19.0 Å². The van der Waals surface area contributed by atoms with Gasteiger partial charge in [0.15, 0.2) is 0 Å². The van der Waals surface area contributed by atoms with Crippen LogP contribution in [0.2, 0.25) is 0 Å². The Balaban J connectivity index is 1.43. The molecule has 2 atom stereocenters. The predicted molar refractivity (Wildman–Crippen MR) is 125 cm³/mol. The van der Waals surface area contributed by atoms with Crippen LogP contribution < -0.4 is 14.9 Å². The third-order valence-corrected chi connectivity index (χ3v) is 5.97. The topological polar surface area (TPSA) is 72.1 Å². The zero-order valence-corrected chi connectivity index (χ0v) is 19.0. The average Bonchev–Trinajstić information content (AvgIpc) is 2.75. The SMILES string of the molecule is Cc1cc(C)cc(Oc2coc3cc(OC[C@H](O)CN4CCCC[C@@H]4C)ccc3c2=O)c1. The highest BCUT2D eigenvalue weighted by atomic mass is 16.5. The lowest BCUT2D eigenvalue weighted by atomic mass is 10.0. The van der Waals surface area contributed by atoms with Gasteiger partial charge in [-0.2, -0.15) is 0 Å². The number of aryl methyl sites for hydroxylation is 2. The molecule has 3 aromatic rings. The van der Waals surface area contributed by atoms with E-state index >= 15 is 0 Å². The van der Waals surface area contributed by atoms with Crippen molar-refractivity contribution in [2.45, 2.75) is 52.2 Å². The standard InChI is InChI=1S/C26H31NO5/c1-17-10-18(2)12-22(11-17)32-25-16-31-24-13-21(7-8-23(24)26(25)29)30-15-20(28)14-27-9-5-4-6-19(27)3/h7-8,10-13,16,19-20,28H,4-6,9,14-15H2,1-3H3/t19-,20+/m0/s1. The Morgan fingerprint density at radius 1 is 1.12 bits per heavy atom. The molecular formula is C26H31NO5. The minimum Gasteiger partial charge on any atom is -0.491 e. The van der Waals surface area contributed by atoms with Gasteiger partial charge in [0, 0.05) is 18.7 Å². The summed E-state index contributed by atoms with van der Waals surface area (Å²) in [6.45, 7) is 7.97. The smallest absolute Gasteiger partial charge is 0.235 e. The van der Waals surface area contributed by atoms with Crippen LogP contribution in [0, 0.1) is 13.8 Å². The van der Waals surface area contributed by atoms with Crippen molar-refractivity contribution in [2.75, 3.05) is 19.7 Å². The molecule has 0 radical (unpaired) electrons. The van der Waals surface area contributed by atoms with Crippen LogP contribution in [-0.2, 0) is 0 Å². The van der Waals surface area contributed by atoms with Crippen molar-refractivity contribution in [2.24, 2.45) is 0 Å². The number of rotatable bonds is 7. The lowest BCUT2D eigenvalue weighted by molar-refractivity contribution is 0.0438. The molecule has 1 fully saturated rings. The summed E-state index contributed by atoms with van der Waals surface area (Å²) in [6.07, 6.45) is 4.36. The summed E-state index contributed by atoms with van der Waals surface area (Å²) in [5.74, 6) is 1.29. The molecule has 0 bridgehead atoms. The Morgan fingerprint density at radius 3 is 2.66 bits per heavy atom. The van der Waals surface area contributed by atoms with E-state index in [1.54, 1.807) is 18.2 Å². The van der Waals surface area contributed by atoms with Gasteiger partial charge in [-0.25, -0.2) is 0 Å². The quantitative estimate of drug-likeness (QED) is 0.572. The number of nitrogens with zero attached hydrogens (tertiary/aromatic N) is 1. The van der Waals surface area contributed by atoms with E-state index in [1.807, 2.05) is 32.0 Å². The lowest BCUT2D eigenvalue weighted by Crippen LogP contribution is -2.43. The molecule has 170 valence electrons. The maximum Gasteiger partial charge on any atom is 0.235 e. The maximum atomic E-state index is 12.9. The van der Waals surface area contributed by atoms with Crippen LogP contribution in [0.15, 0.2) is 51.9 Å². The Hall–Kier alpha value is -2.83. The second-order valence-corrected chi connectivity index (χ2v) is 8.82. The van der Waals surface area contributed by atoms with E-state index in [1.165, 1.54) is 25.5 Å². The fraction of sp³-hybridized carbons (Fsp3) is 0.423. The Labute approximate surface area is 188 Å². The molecule has 6 heteroatoms. The van der Waals surface area contributed by atoms with Crippen molar-refractivity contribution in [3.05, 3.63) is 64.0 Å². The van der Waals surface area contributed by atoms with E-state index < -0.39 is 6.10 Å². The molecule has 0 saturated carbocycles. The molecule has 0 unspecified atom stereocenters. The molecule has 6 nitrogen and oxygen atoms in total. The number of ether oxygens (including phenoxy) is 2. The van der Waals surface area contributed by atoms with E-state index in [0.29, 0.717) is 35.1 Å². The zero-order valence-electron chi connectivity index (χ0n) is 19.0. The minimum absolute atomic E-state index is 0.141. The fourth-order valence-electron chi connectivity index (χ4n) is 4.31. The highest BCUT2D eigenvalue weighted by molar-refractivity contribution is 5.79. The van der Waals surface area contributed by atoms with E-state index in [-0.39, 0.29) is 17.8 Å². The minimum atomic E-state index is -0.577. The molecule has 1 N–H and O–H groups in total. The van der Waals surface area contributed by atoms with Gasteiger partial charge in [-0.05, 0) is 75.5 Å². The molecule has 0 aliphatic carbocycles. The van der Waals surface area contributed by atoms with Gasteiger partial charge >= 0.3 is 0 Å². The monoisotopic (exact) mass is 437 g/mol. The van der Waals surface area contributed by atoms with Crippen LogP contribution in [0.25, 0.3) is 11.0 Å². The molecule has 2 heterocycles. The molecule has 1 aliphatic rings. The van der Waals surface area contributed by atoms with Crippen molar-refractivity contribution in [3.63, 3.8) is 0 Å². The molecule has 1 saturated heterocycles. The van der Waals surface area contributed by atoms with Gasteiger partial charge in [0.2, 0.25) is 11.2 Å². The van der Waals surface area contributed by atoms with Crippen molar-refractivity contribution in [3.8, 4) is 17.2 Å². The molecule has 32 heavy (non-hydrogen) atoms. The van der Waals surface area contributed by atoms with Crippen LogP contribution in [0.4, 0.5) is 0 Å². The second kappa shape index (κ2) is 9.76. The van der Waals surface area contributed by atoms with Gasteiger partial charge in [0.1, 0.15) is 36.1 Å². The molecule has 0 spiro atoms. The summed E-state index contributed by atoms with van der Waals surface area (Å²) >= 11 is 0. The first-order valence-corrected chi connectivity index (χ1v) is 11.3. The van der Waals surface area contributed by atoms with Crippen molar-refractivity contribution in [1.82, 2.24) is 4.90 Å². The summed E-state index contributed by atoms with van der Waals surface area (Å²) in [5, 5.41) is 10.8. The van der Waals surface area contributed by atoms with E-state index in [2.05, 4.69) is 11.8 Å². The summed E-state index contributed by atoms with van der Waals surface area (Å²) in [6, 6.07) is 11.4. The molecular weight excluding hydrogens is 406 g/mol. The number of aliphatic hydroxyl groups excluding tert-OH is 1. The molecule has 1 aromatic heterocycles. The van der Waals surface area contributed by atoms with Crippen molar-refractivity contribution >= 4 is 11.0 Å². The van der Waals surface area contributed by atoms with Gasteiger partial charge in [-0.15, -0.1) is 0 Å². The van der Waals surface area contributed by atoms with Gasteiger partial charge in [0.05, 0.1) is 5.39 Å². The number of hydrogen-bond donors (Lipinski definition) is 1. The highest BCUT2D eigenvalue weighted by Gasteiger charge is 2.21. The third kappa shape index (κ3) is 5.31.